The van der Waals surface area contributed by atoms with Gasteiger partial charge in [-0.25, -0.2) is 0 Å². The number of carbonyl (C=O) groups excluding carboxylic acids is 2. The van der Waals surface area contributed by atoms with Crippen molar-refractivity contribution < 1.29 is 9.59 Å². The molecule has 22 heavy (non-hydrogen) atoms. The molecule has 1 saturated heterocycles. The summed E-state index contributed by atoms with van der Waals surface area (Å²) in [5, 5.41) is 2.94. The molecule has 0 bridgehead atoms. The molecule has 1 fully saturated rings. The van der Waals surface area contributed by atoms with Gasteiger partial charge in [0.05, 0.1) is 0 Å². The minimum absolute atomic E-state index is 0.0142. The Balaban J connectivity index is 1.70. The molecule has 0 aromatic carbocycles. The minimum Gasteiger partial charge on any atom is -0.354 e. The Morgan fingerprint density at radius 1 is 1.36 bits per heavy atom. The van der Waals surface area contributed by atoms with Gasteiger partial charge in [-0.2, -0.15) is 0 Å². The number of carbonyl (C=O) groups is 2. The molecule has 2 rings (SSSR count). The van der Waals surface area contributed by atoms with E-state index in [0.29, 0.717) is 19.5 Å². The maximum absolute atomic E-state index is 11.9. The maximum atomic E-state index is 11.9. The van der Waals surface area contributed by atoms with E-state index in [4.69, 9.17) is 0 Å². The smallest absolute Gasteiger partial charge is 0.239 e. The summed E-state index contributed by atoms with van der Waals surface area (Å²) in [5.41, 5.74) is 0. The first-order valence-corrected chi connectivity index (χ1v) is 7.88. The minimum atomic E-state index is 0.0142. The van der Waals surface area contributed by atoms with Crippen LogP contribution in [-0.4, -0.2) is 66.0 Å². The van der Waals surface area contributed by atoms with E-state index in [9.17, 15) is 9.59 Å². The van der Waals surface area contributed by atoms with Crippen LogP contribution in [0.4, 0.5) is 0 Å². The van der Waals surface area contributed by atoms with Gasteiger partial charge in [0, 0.05) is 44.5 Å². The van der Waals surface area contributed by atoms with Crippen LogP contribution in [-0.2, 0) is 16.1 Å². The van der Waals surface area contributed by atoms with Gasteiger partial charge >= 0.3 is 0 Å². The Bertz CT molecular complexity index is 484. The second-order valence-corrected chi connectivity index (χ2v) is 6.08. The molecule has 122 valence electrons. The number of rotatable bonds is 8. The fraction of sp³-hybridized carbons (Fsp3) is 0.625. The first-order valence-electron chi connectivity index (χ1n) is 7.88. The highest BCUT2D eigenvalue weighted by Crippen LogP contribution is 2.20. The van der Waals surface area contributed by atoms with Gasteiger partial charge in [0.2, 0.25) is 11.8 Å². The topological polar surface area (TPSA) is 57.6 Å². The number of likely N-dealkylation sites (N-methyl/N-ethyl adjacent to an activating group) is 1. The van der Waals surface area contributed by atoms with E-state index in [1.54, 1.807) is 0 Å². The molecule has 0 spiro atoms. The third-order valence-electron chi connectivity index (χ3n) is 4.03. The van der Waals surface area contributed by atoms with E-state index >= 15 is 0 Å². The summed E-state index contributed by atoms with van der Waals surface area (Å²) in [4.78, 5) is 27.8. The van der Waals surface area contributed by atoms with Crippen LogP contribution in [0.3, 0.4) is 0 Å². The van der Waals surface area contributed by atoms with E-state index in [0.717, 1.165) is 25.9 Å². The first kappa shape index (κ1) is 16.5. The Hall–Kier alpha value is -1.82. The van der Waals surface area contributed by atoms with Crippen LogP contribution in [0.25, 0.3) is 0 Å². The standard InChI is InChI=1S/C16H26N4O2/c1-18(2)11-12-20-14(5-6-16(20)22)7-8-17-15(21)13-19-9-3-4-10-19/h3-4,9-10,14H,5-8,11-13H2,1-2H3,(H,17,21)/t14-/m0/s1. The number of aromatic nitrogens is 1. The summed E-state index contributed by atoms with van der Waals surface area (Å²) in [6, 6.07) is 4.07. The van der Waals surface area contributed by atoms with Crippen molar-refractivity contribution in [2.75, 3.05) is 33.7 Å². The van der Waals surface area contributed by atoms with Gasteiger partial charge in [-0.3, -0.25) is 9.59 Å². The number of likely N-dealkylation sites (tertiary alicyclic amines) is 1. The molecular weight excluding hydrogens is 280 g/mol. The second-order valence-electron chi connectivity index (χ2n) is 6.08. The fourth-order valence-electron chi connectivity index (χ4n) is 2.78. The molecule has 1 aliphatic rings. The summed E-state index contributed by atoms with van der Waals surface area (Å²) >= 11 is 0. The van der Waals surface area contributed by atoms with Crippen molar-refractivity contribution in [3.63, 3.8) is 0 Å². The normalized spacial score (nSPS) is 18.2. The van der Waals surface area contributed by atoms with Crippen molar-refractivity contribution in [2.45, 2.75) is 31.8 Å². The van der Waals surface area contributed by atoms with Crippen LogP contribution < -0.4 is 5.32 Å². The van der Waals surface area contributed by atoms with Gasteiger partial charge in [0.1, 0.15) is 6.54 Å². The SMILES string of the molecule is CN(C)CCN1C(=O)CC[C@H]1CCNC(=O)Cn1cccc1. The van der Waals surface area contributed by atoms with Gasteiger partial charge in [-0.05, 0) is 39.1 Å². The van der Waals surface area contributed by atoms with Crippen molar-refractivity contribution in [3.05, 3.63) is 24.5 Å². The number of hydrogen-bond acceptors (Lipinski definition) is 3. The van der Waals surface area contributed by atoms with Crippen LogP contribution in [0.2, 0.25) is 0 Å². The predicted molar refractivity (Wildman–Crippen MR) is 85.3 cm³/mol. The summed E-state index contributed by atoms with van der Waals surface area (Å²) in [7, 11) is 4.02. The zero-order valence-corrected chi connectivity index (χ0v) is 13.5. The predicted octanol–water partition coefficient (Wildman–Crippen LogP) is 0.547. The molecule has 0 aliphatic carbocycles. The Kier molecular flexibility index (Phi) is 6.00. The molecule has 2 heterocycles. The van der Waals surface area contributed by atoms with Crippen LogP contribution >= 0.6 is 0 Å². The maximum Gasteiger partial charge on any atom is 0.239 e. The van der Waals surface area contributed by atoms with Crippen molar-refractivity contribution in [1.82, 2.24) is 19.7 Å². The largest absolute Gasteiger partial charge is 0.354 e. The van der Waals surface area contributed by atoms with Crippen LogP contribution in [0.5, 0.6) is 0 Å². The molecule has 2 amide bonds. The number of amides is 2. The molecular formula is C16H26N4O2. The average molecular weight is 306 g/mol. The molecule has 1 atom stereocenters. The second kappa shape index (κ2) is 7.98. The molecule has 0 saturated carbocycles. The molecule has 1 N–H and O–H groups in total. The van der Waals surface area contributed by atoms with Gasteiger partial charge < -0.3 is 19.7 Å². The molecule has 6 nitrogen and oxygen atoms in total. The summed E-state index contributed by atoms with van der Waals surface area (Å²) in [6.45, 7) is 2.62. The quantitative estimate of drug-likeness (QED) is 0.763. The highest BCUT2D eigenvalue weighted by molar-refractivity contribution is 5.78. The number of hydrogen-bond donors (Lipinski definition) is 1. The third-order valence-corrected chi connectivity index (χ3v) is 4.03. The number of nitrogens with zero attached hydrogens (tertiary/aromatic N) is 3. The van der Waals surface area contributed by atoms with E-state index in [2.05, 4.69) is 10.2 Å². The zero-order valence-electron chi connectivity index (χ0n) is 13.5. The zero-order chi connectivity index (χ0) is 15.9. The monoisotopic (exact) mass is 306 g/mol. The lowest BCUT2D eigenvalue weighted by molar-refractivity contribution is -0.129. The number of nitrogens with one attached hydrogen (secondary N) is 1. The van der Waals surface area contributed by atoms with Crippen LogP contribution in [0.15, 0.2) is 24.5 Å². The third kappa shape index (κ3) is 4.87. The summed E-state index contributed by atoms with van der Waals surface area (Å²) in [6.07, 6.45) is 6.11. The van der Waals surface area contributed by atoms with Gasteiger partial charge in [-0.1, -0.05) is 0 Å². The van der Waals surface area contributed by atoms with Crippen LogP contribution in [0.1, 0.15) is 19.3 Å². The van der Waals surface area contributed by atoms with E-state index in [-0.39, 0.29) is 17.9 Å². The Morgan fingerprint density at radius 2 is 2.09 bits per heavy atom. The fourth-order valence-corrected chi connectivity index (χ4v) is 2.78. The molecule has 6 heteroatoms. The first-order chi connectivity index (χ1) is 10.6. The molecule has 0 unspecified atom stereocenters. The molecule has 1 aromatic rings. The van der Waals surface area contributed by atoms with E-state index < -0.39 is 0 Å². The van der Waals surface area contributed by atoms with Crippen molar-refractivity contribution >= 4 is 11.8 Å². The highest BCUT2D eigenvalue weighted by Gasteiger charge is 2.30. The highest BCUT2D eigenvalue weighted by atomic mass is 16.2. The van der Waals surface area contributed by atoms with Gasteiger partial charge in [0.25, 0.3) is 0 Å². The van der Waals surface area contributed by atoms with Gasteiger partial charge in [-0.15, -0.1) is 0 Å². The van der Waals surface area contributed by atoms with Crippen molar-refractivity contribution in [3.8, 4) is 0 Å². The van der Waals surface area contributed by atoms with Gasteiger partial charge in [0.15, 0.2) is 0 Å². The lowest BCUT2D eigenvalue weighted by Gasteiger charge is -2.26. The summed E-state index contributed by atoms with van der Waals surface area (Å²) in [5.74, 6) is 0.255. The average Bonchev–Trinajstić information content (AvgIpc) is 3.07. The van der Waals surface area contributed by atoms with E-state index in [1.165, 1.54) is 0 Å². The molecule has 1 aromatic heterocycles. The molecule has 1 aliphatic heterocycles. The Labute approximate surface area is 132 Å². The lowest BCUT2D eigenvalue weighted by Crippen LogP contribution is -2.40. The molecule has 0 radical (unpaired) electrons. The van der Waals surface area contributed by atoms with Crippen molar-refractivity contribution in [1.29, 1.82) is 0 Å². The van der Waals surface area contributed by atoms with Crippen molar-refractivity contribution in [2.24, 2.45) is 0 Å². The van der Waals surface area contributed by atoms with E-state index in [1.807, 2.05) is 48.1 Å². The Morgan fingerprint density at radius 3 is 2.77 bits per heavy atom. The van der Waals surface area contributed by atoms with Crippen LogP contribution in [0, 0.1) is 0 Å². The summed E-state index contributed by atoms with van der Waals surface area (Å²) < 4.78 is 1.85. The lowest BCUT2D eigenvalue weighted by atomic mass is 10.1.